The smallest absolute Gasteiger partial charge is 0.336 e. The molecule has 0 amide bonds. The van der Waals surface area contributed by atoms with Gasteiger partial charge in [-0.15, -0.1) is 0 Å². The molecule has 2 aromatic carbocycles. The van der Waals surface area contributed by atoms with Crippen LogP contribution in [0.1, 0.15) is 21.5 Å². The maximum Gasteiger partial charge on any atom is 0.336 e. The fourth-order valence-corrected chi connectivity index (χ4v) is 1.78. The zero-order chi connectivity index (χ0) is 13.8. The molecule has 0 unspecified atom stereocenters. The van der Waals surface area contributed by atoms with Gasteiger partial charge in [0.25, 0.3) is 0 Å². The number of benzene rings is 2. The average molecular weight is 259 g/mol. The van der Waals surface area contributed by atoms with E-state index in [0.717, 1.165) is 0 Å². The van der Waals surface area contributed by atoms with E-state index in [-0.39, 0.29) is 11.4 Å². The fraction of sp³-hybridized carbons (Fsp3) is 0.133. The Kier molecular flexibility index (Phi) is 3.80. The van der Waals surface area contributed by atoms with E-state index in [1.165, 1.54) is 6.07 Å². The summed E-state index contributed by atoms with van der Waals surface area (Å²) in [6.07, 6.45) is 0. The van der Waals surface area contributed by atoms with Crippen LogP contribution in [-0.4, -0.2) is 11.1 Å². The van der Waals surface area contributed by atoms with Crippen LogP contribution < -0.4 is 5.32 Å². The zero-order valence-corrected chi connectivity index (χ0v) is 10.5. The van der Waals surface area contributed by atoms with Crippen LogP contribution >= 0.6 is 0 Å². The SMILES string of the molecule is Cc1ccc(NCc2ccccc2C(=O)O)cc1F. The highest BCUT2D eigenvalue weighted by molar-refractivity contribution is 5.89. The lowest BCUT2D eigenvalue weighted by Crippen LogP contribution is -2.07. The number of carbonyl (C=O) groups is 1. The summed E-state index contributed by atoms with van der Waals surface area (Å²) in [7, 11) is 0. The predicted molar refractivity (Wildman–Crippen MR) is 71.9 cm³/mol. The van der Waals surface area contributed by atoms with Crippen LogP contribution in [0.3, 0.4) is 0 Å². The van der Waals surface area contributed by atoms with E-state index in [9.17, 15) is 9.18 Å². The van der Waals surface area contributed by atoms with Gasteiger partial charge in [-0.05, 0) is 36.2 Å². The summed E-state index contributed by atoms with van der Waals surface area (Å²) >= 11 is 0. The number of nitrogens with one attached hydrogen (secondary N) is 1. The molecule has 0 saturated carbocycles. The van der Waals surface area contributed by atoms with Gasteiger partial charge in [-0.3, -0.25) is 0 Å². The van der Waals surface area contributed by atoms with Crippen LogP contribution in [0.2, 0.25) is 0 Å². The summed E-state index contributed by atoms with van der Waals surface area (Å²) in [6, 6.07) is 11.6. The normalized spacial score (nSPS) is 10.2. The minimum absolute atomic E-state index is 0.252. The molecule has 0 fully saturated rings. The third kappa shape index (κ3) is 3.10. The molecule has 0 aliphatic heterocycles. The first kappa shape index (κ1) is 13.1. The van der Waals surface area contributed by atoms with Gasteiger partial charge < -0.3 is 10.4 Å². The first-order valence-corrected chi connectivity index (χ1v) is 5.89. The summed E-state index contributed by atoms with van der Waals surface area (Å²) in [5.41, 5.74) is 2.12. The van der Waals surface area contributed by atoms with Gasteiger partial charge in [0.15, 0.2) is 0 Å². The number of anilines is 1. The van der Waals surface area contributed by atoms with Crippen LogP contribution in [-0.2, 0) is 6.54 Å². The van der Waals surface area contributed by atoms with Crippen molar-refractivity contribution in [3.8, 4) is 0 Å². The van der Waals surface area contributed by atoms with Crippen molar-refractivity contribution in [1.29, 1.82) is 0 Å². The lowest BCUT2D eigenvalue weighted by atomic mass is 10.1. The van der Waals surface area contributed by atoms with E-state index in [1.807, 2.05) is 0 Å². The van der Waals surface area contributed by atoms with E-state index in [0.29, 0.717) is 23.4 Å². The summed E-state index contributed by atoms with van der Waals surface area (Å²) in [5, 5.41) is 12.1. The number of hydrogen-bond donors (Lipinski definition) is 2. The first-order chi connectivity index (χ1) is 9.08. The molecule has 0 aliphatic carbocycles. The predicted octanol–water partition coefficient (Wildman–Crippen LogP) is 3.44. The summed E-state index contributed by atoms with van der Waals surface area (Å²) < 4.78 is 13.4. The molecule has 2 N–H and O–H groups in total. The molecule has 0 bridgehead atoms. The summed E-state index contributed by atoms with van der Waals surface area (Å²) in [4.78, 5) is 11.0. The molecule has 4 heteroatoms. The van der Waals surface area contributed by atoms with Crippen molar-refractivity contribution in [3.05, 3.63) is 65.0 Å². The molecule has 98 valence electrons. The van der Waals surface area contributed by atoms with Crippen LogP contribution in [0.5, 0.6) is 0 Å². The van der Waals surface area contributed by atoms with Crippen LogP contribution in [0, 0.1) is 12.7 Å². The van der Waals surface area contributed by atoms with E-state index in [1.54, 1.807) is 43.3 Å². The largest absolute Gasteiger partial charge is 0.478 e. The Morgan fingerprint density at radius 2 is 2.00 bits per heavy atom. The van der Waals surface area contributed by atoms with Crippen molar-refractivity contribution in [2.45, 2.75) is 13.5 Å². The highest BCUT2D eigenvalue weighted by atomic mass is 19.1. The molecular formula is C15H14FNO2. The number of halogens is 1. The fourth-order valence-electron chi connectivity index (χ4n) is 1.78. The van der Waals surface area contributed by atoms with Crippen LogP contribution in [0.25, 0.3) is 0 Å². The van der Waals surface area contributed by atoms with Gasteiger partial charge >= 0.3 is 5.97 Å². The Hall–Kier alpha value is -2.36. The number of carboxylic acid groups (broad SMARTS) is 1. The first-order valence-electron chi connectivity index (χ1n) is 5.89. The second-order valence-corrected chi connectivity index (χ2v) is 4.28. The molecule has 2 rings (SSSR count). The maximum atomic E-state index is 13.4. The summed E-state index contributed by atoms with van der Waals surface area (Å²) in [5.74, 6) is -1.25. The Morgan fingerprint density at radius 1 is 1.26 bits per heavy atom. The Labute approximate surface area is 110 Å². The molecule has 2 aromatic rings. The van der Waals surface area contributed by atoms with Crippen molar-refractivity contribution < 1.29 is 14.3 Å². The number of aryl methyl sites for hydroxylation is 1. The van der Waals surface area contributed by atoms with Crippen LogP contribution in [0.4, 0.5) is 10.1 Å². The third-order valence-electron chi connectivity index (χ3n) is 2.90. The van der Waals surface area contributed by atoms with Crippen LogP contribution in [0.15, 0.2) is 42.5 Å². The number of carboxylic acids is 1. The summed E-state index contributed by atoms with van der Waals surface area (Å²) in [6.45, 7) is 2.03. The second-order valence-electron chi connectivity index (χ2n) is 4.28. The second kappa shape index (κ2) is 5.52. The quantitative estimate of drug-likeness (QED) is 0.884. The minimum atomic E-state index is -0.965. The standard InChI is InChI=1S/C15H14FNO2/c1-10-6-7-12(8-14(10)16)17-9-11-4-2-3-5-13(11)15(18)19/h2-8,17H,9H2,1H3,(H,18,19). The number of aromatic carboxylic acids is 1. The van der Waals surface area contributed by atoms with E-state index < -0.39 is 5.97 Å². The highest BCUT2D eigenvalue weighted by Gasteiger charge is 2.08. The topological polar surface area (TPSA) is 49.3 Å². The van der Waals surface area contributed by atoms with Gasteiger partial charge in [0, 0.05) is 12.2 Å². The van der Waals surface area contributed by atoms with E-state index >= 15 is 0 Å². The molecular weight excluding hydrogens is 245 g/mol. The minimum Gasteiger partial charge on any atom is -0.478 e. The Bertz CT molecular complexity index is 611. The van der Waals surface area contributed by atoms with Gasteiger partial charge in [0.2, 0.25) is 0 Å². The van der Waals surface area contributed by atoms with Crippen molar-refractivity contribution in [2.24, 2.45) is 0 Å². The molecule has 0 heterocycles. The Balaban J connectivity index is 2.14. The van der Waals surface area contributed by atoms with E-state index in [4.69, 9.17) is 5.11 Å². The van der Waals surface area contributed by atoms with Gasteiger partial charge in [-0.2, -0.15) is 0 Å². The van der Waals surface area contributed by atoms with Gasteiger partial charge in [-0.25, -0.2) is 9.18 Å². The molecule has 0 spiro atoms. The number of rotatable bonds is 4. The van der Waals surface area contributed by atoms with E-state index in [2.05, 4.69) is 5.32 Å². The molecule has 0 atom stereocenters. The lowest BCUT2D eigenvalue weighted by molar-refractivity contribution is 0.0696. The number of hydrogen-bond acceptors (Lipinski definition) is 2. The van der Waals surface area contributed by atoms with Crippen molar-refractivity contribution >= 4 is 11.7 Å². The Morgan fingerprint density at radius 3 is 2.68 bits per heavy atom. The molecule has 0 radical (unpaired) electrons. The molecule has 0 aliphatic rings. The molecule has 19 heavy (non-hydrogen) atoms. The zero-order valence-electron chi connectivity index (χ0n) is 10.5. The average Bonchev–Trinajstić information content (AvgIpc) is 2.40. The maximum absolute atomic E-state index is 13.4. The van der Waals surface area contributed by atoms with Gasteiger partial charge in [0.05, 0.1) is 5.56 Å². The highest BCUT2D eigenvalue weighted by Crippen LogP contribution is 2.16. The monoisotopic (exact) mass is 259 g/mol. The van der Waals surface area contributed by atoms with Gasteiger partial charge in [-0.1, -0.05) is 24.3 Å². The lowest BCUT2D eigenvalue weighted by Gasteiger charge is -2.09. The molecule has 0 saturated heterocycles. The van der Waals surface area contributed by atoms with Gasteiger partial charge in [0.1, 0.15) is 5.82 Å². The third-order valence-corrected chi connectivity index (χ3v) is 2.90. The molecule has 3 nitrogen and oxygen atoms in total. The van der Waals surface area contributed by atoms with Crippen molar-refractivity contribution in [1.82, 2.24) is 0 Å². The van der Waals surface area contributed by atoms with Crippen molar-refractivity contribution in [3.63, 3.8) is 0 Å². The molecule has 0 aromatic heterocycles. The van der Waals surface area contributed by atoms with Crippen molar-refractivity contribution in [2.75, 3.05) is 5.32 Å².